The number of nitrogens with zero attached hydrogens (tertiary/aromatic N) is 3. The molecule has 7 nitrogen and oxygen atoms in total. The van der Waals surface area contributed by atoms with Crippen LogP contribution in [-0.4, -0.2) is 40.7 Å². The second-order valence-electron chi connectivity index (χ2n) is 7.45. The molecule has 1 heterocycles. The number of nitrogen functional groups attached to an aromatic ring is 1. The SMILES string of the molecule is C=C(N=C1/C(=C\N)N(C)C(=O)[C@@H](C)N1C1CCCCC1)Nc1ccc(N)cc1. The summed E-state index contributed by atoms with van der Waals surface area (Å²) < 4.78 is 0. The first-order chi connectivity index (χ1) is 13.4. The zero-order valence-electron chi connectivity index (χ0n) is 16.7. The van der Waals surface area contributed by atoms with Gasteiger partial charge in [0, 0.05) is 30.7 Å². The van der Waals surface area contributed by atoms with Crippen molar-refractivity contribution in [3.8, 4) is 0 Å². The van der Waals surface area contributed by atoms with Gasteiger partial charge < -0.3 is 26.6 Å². The maximum absolute atomic E-state index is 12.8. The summed E-state index contributed by atoms with van der Waals surface area (Å²) in [5.41, 5.74) is 13.8. The summed E-state index contributed by atoms with van der Waals surface area (Å²) in [7, 11) is 1.74. The van der Waals surface area contributed by atoms with Crippen LogP contribution in [0.4, 0.5) is 11.4 Å². The van der Waals surface area contributed by atoms with Crippen molar-refractivity contribution in [3.05, 3.63) is 48.6 Å². The van der Waals surface area contributed by atoms with E-state index < -0.39 is 0 Å². The van der Waals surface area contributed by atoms with Crippen LogP contribution in [0.5, 0.6) is 0 Å². The lowest BCUT2D eigenvalue weighted by Crippen LogP contribution is -2.60. The number of piperazine rings is 1. The summed E-state index contributed by atoms with van der Waals surface area (Å²) in [6.45, 7) is 5.99. The highest BCUT2D eigenvalue weighted by molar-refractivity contribution is 6.07. The fourth-order valence-corrected chi connectivity index (χ4v) is 4.02. The third-order valence-corrected chi connectivity index (χ3v) is 5.51. The third-order valence-electron chi connectivity index (χ3n) is 5.51. The van der Waals surface area contributed by atoms with Crippen LogP contribution in [0.15, 0.2) is 53.6 Å². The van der Waals surface area contributed by atoms with Crippen molar-refractivity contribution >= 4 is 23.1 Å². The average molecular weight is 383 g/mol. The third kappa shape index (κ3) is 3.98. The number of likely N-dealkylation sites (N-methyl/N-ethyl adjacent to an activating group) is 1. The first-order valence-corrected chi connectivity index (χ1v) is 9.80. The minimum atomic E-state index is -0.292. The summed E-state index contributed by atoms with van der Waals surface area (Å²) in [4.78, 5) is 21.3. The molecule has 0 aromatic heterocycles. The van der Waals surface area contributed by atoms with Gasteiger partial charge >= 0.3 is 0 Å². The molecule has 1 aromatic carbocycles. The Kier molecular flexibility index (Phi) is 5.92. The minimum Gasteiger partial charge on any atom is -0.403 e. The highest BCUT2D eigenvalue weighted by atomic mass is 16.2. The number of anilines is 2. The van der Waals surface area contributed by atoms with Crippen LogP contribution in [0, 0.1) is 0 Å². The highest BCUT2D eigenvalue weighted by Crippen LogP contribution is 2.30. The molecule has 150 valence electrons. The van der Waals surface area contributed by atoms with Crippen LogP contribution in [0.1, 0.15) is 39.0 Å². The van der Waals surface area contributed by atoms with Gasteiger partial charge in [0.25, 0.3) is 0 Å². The van der Waals surface area contributed by atoms with Gasteiger partial charge in [0.05, 0.1) is 0 Å². The molecule has 1 saturated carbocycles. The molecule has 1 saturated heterocycles. The Morgan fingerprint density at radius 2 is 1.89 bits per heavy atom. The lowest BCUT2D eigenvalue weighted by Gasteiger charge is -2.46. The molecule has 2 aliphatic rings. The van der Waals surface area contributed by atoms with Crippen LogP contribution in [0.25, 0.3) is 0 Å². The lowest BCUT2D eigenvalue weighted by molar-refractivity contribution is -0.134. The van der Waals surface area contributed by atoms with Crippen molar-refractivity contribution in [1.29, 1.82) is 0 Å². The zero-order valence-corrected chi connectivity index (χ0v) is 16.7. The number of carbonyl (C=O) groups excluding carboxylic acids is 1. The van der Waals surface area contributed by atoms with E-state index in [0.717, 1.165) is 31.4 Å². The number of hydrogen-bond acceptors (Lipinski definition) is 5. The summed E-state index contributed by atoms with van der Waals surface area (Å²) in [5.74, 6) is 1.20. The van der Waals surface area contributed by atoms with Gasteiger partial charge in [0.15, 0.2) is 5.84 Å². The molecule has 2 fully saturated rings. The number of nitrogens with two attached hydrogens (primary N) is 2. The lowest BCUT2D eigenvalue weighted by atomic mass is 9.92. The molecule has 0 spiro atoms. The van der Waals surface area contributed by atoms with Gasteiger partial charge in [-0.2, -0.15) is 0 Å². The summed E-state index contributed by atoms with van der Waals surface area (Å²) in [6, 6.07) is 7.37. The van der Waals surface area contributed by atoms with Crippen LogP contribution < -0.4 is 16.8 Å². The van der Waals surface area contributed by atoms with E-state index in [1.54, 1.807) is 11.9 Å². The van der Waals surface area contributed by atoms with E-state index in [1.807, 2.05) is 31.2 Å². The van der Waals surface area contributed by atoms with Crippen molar-refractivity contribution in [1.82, 2.24) is 9.80 Å². The Morgan fingerprint density at radius 3 is 2.50 bits per heavy atom. The van der Waals surface area contributed by atoms with Gasteiger partial charge in [-0.3, -0.25) is 4.79 Å². The van der Waals surface area contributed by atoms with Crippen LogP contribution >= 0.6 is 0 Å². The van der Waals surface area contributed by atoms with E-state index in [0.29, 0.717) is 23.0 Å². The molecule has 1 atom stereocenters. The van der Waals surface area contributed by atoms with Crippen LogP contribution in [0.2, 0.25) is 0 Å². The van der Waals surface area contributed by atoms with E-state index in [2.05, 4.69) is 16.8 Å². The first-order valence-electron chi connectivity index (χ1n) is 9.80. The van der Waals surface area contributed by atoms with Gasteiger partial charge in [-0.15, -0.1) is 0 Å². The van der Waals surface area contributed by atoms with E-state index in [1.165, 1.54) is 12.6 Å². The fourth-order valence-electron chi connectivity index (χ4n) is 4.02. The highest BCUT2D eigenvalue weighted by Gasteiger charge is 2.40. The van der Waals surface area contributed by atoms with Gasteiger partial charge in [0.1, 0.15) is 17.6 Å². The predicted octanol–water partition coefficient (Wildman–Crippen LogP) is 2.85. The Labute approximate surface area is 166 Å². The number of aliphatic imine (C=N–C) groups is 1. The number of benzene rings is 1. The Balaban J connectivity index is 1.93. The number of nitrogens with one attached hydrogen (secondary N) is 1. The maximum atomic E-state index is 12.8. The molecule has 1 aliphatic carbocycles. The monoisotopic (exact) mass is 382 g/mol. The van der Waals surface area contributed by atoms with E-state index in [-0.39, 0.29) is 18.0 Å². The predicted molar refractivity (Wildman–Crippen MR) is 114 cm³/mol. The second-order valence-corrected chi connectivity index (χ2v) is 7.45. The summed E-state index contributed by atoms with van der Waals surface area (Å²) >= 11 is 0. The van der Waals surface area contributed by atoms with Crippen LogP contribution in [0.3, 0.4) is 0 Å². The van der Waals surface area contributed by atoms with Crippen molar-refractivity contribution in [3.63, 3.8) is 0 Å². The number of amidine groups is 1. The van der Waals surface area contributed by atoms with Gasteiger partial charge in [-0.05, 0) is 44.0 Å². The van der Waals surface area contributed by atoms with E-state index in [4.69, 9.17) is 16.5 Å². The van der Waals surface area contributed by atoms with E-state index in [9.17, 15) is 4.79 Å². The molecule has 3 rings (SSSR count). The van der Waals surface area contributed by atoms with Crippen molar-refractivity contribution in [2.45, 2.75) is 51.1 Å². The molecule has 1 aliphatic heterocycles. The molecular weight excluding hydrogens is 352 g/mol. The summed E-state index contributed by atoms with van der Waals surface area (Å²) in [5, 5.41) is 3.19. The average Bonchev–Trinajstić information content (AvgIpc) is 2.69. The fraction of sp³-hybridized carbons (Fsp3) is 0.429. The number of hydrogen-bond donors (Lipinski definition) is 3. The van der Waals surface area contributed by atoms with Gasteiger partial charge in [0.2, 0.25) is 5.91 Å². The summed E-state index contributed by atoms with van der Waals surface area (Å²) in [6.07, 6.45) is 7.13. The molecule has 7 heteroatoms. The zero-order chi connectivity index (χ0) is 20.3. The van der Waals surface area contributed by atoms with Crippen molar-refractivity contribution < 1.29 is 4.79 Å². The molecule has 28 heavy (non-hydrogen) atoms. The van der Waals surface area contributed by atoms with Crippen molar-refractivity contribution in [2.24, 2.45) is 10.7 Å². The normalized spacial score (nSPS) is 24.1. The maximum Gasteiger partial charge on any atom is 0.249 e. The second kappa shape index (κ2) is 8.37. The molecule has 1 amide bonds. The molecule has 5 N–H and O–H groups in total. The van der Waals surface area contributed by atoms with E-state index >= 15 is 0 Å². The number of amides is 1. The van der Waals surface area contributed by atoms with Gasteiger partial charge in [-0.25, -0.2) is 4.99 Å². The topological polar surface area (TPSA) is 100.0 Å². The van der Waals surface area contributed by atoms with Crippen LogP contribution in [-0.2, 0) is 4.79 Å². The molecular formula is C21H30N6O. The standard InChI is InChI=1S/C21H30N6O/c1-14-21(28)26(3)19(13-22)20(27(14)18-7-5-4-6-8-18)25-15(2)24-17-11-9-16(23)10-12-17/h9-14,18,24H,2,4-8,22-23H2,1,3H3/b19-13+,25-20?/t14-/m1/s1. The minimum absolute atomic E-state index is 0.0262. The molecule has 1 aromatic rings. The number of carbonyl (C=O) groups is 1. The Hall–Kier alpha value is -2.96. The van der Waals surface area contributed by atoms with Gasteiger partial charge in [-0.1, -0.05) is 25.8 Å². The Morgan fingerprint density at radius 1 is 1.25 bits per heavy atom. The Bertz CT molecular complexity index is 792. The molecule has 0 bridgehead atoms. The smallest absolute Gasteiger partial charge is 0.249 e. The largest absolute Gasteiger partial charge is 0.403 e. The molecule has 0 radical (unpaired) electrons. The quantitative estimate of drug-likeness (QED) is 0.695. The number of rotatable bonds is 4. The first kappa shape index (κ1) is 19.8. The van der Waals surface area contributed by atoms with Crippen molar-refractivity contribution in [2.75, 3.05) is 18.1 Å². The molecule has 0 unspecified atom stereocenters.